The SMILES string of the molecule is C/C=C(\C=C/C=NCCOP(=O)(O)OCC(COCC)OCCCCC(=O)O)c1ccccc1. The van der Waals surface area contributed by atoms with E-state index in [1.807, 2.05) is 56.3 Å². The molecule has 0 aliphatic carbocycles. The van der Waals surface area contributed by atoms with Crippen LogP contribution in [0.15, 0.2) is 53.6 Å². The molecule has 0 saturated carbocycles. The summed E-state index contributed by atoms with van der Waals surface area (Å²) in [5.74, 6) is -0.859. The molecule has 0 heterocycles. The van der Waals surface area contributed by atoms with Gasteiger partial charge in [-0.2, -0.15) is 0 Å². The number of allylic oxidation sites excluding steroid dienone is 4. The monoisotopic (exact) mass is 497 g/mol. The van der Waals surface area contributed by atoms with Crippen molar-refractivity contribution >= 4 is 25.6 Å². The van der Waals surface area contributed by atoms with Crippen LogP contribution in [0.2, 0.25) is 0 Å². The van der Waals surface area contributed by atoms with Crippen molar-refractivity contribution in [1.82, 2.24) is 0 Å². The van der Waals surface area contributed by atoms with Gasteiger partial charge in [-0.05, 0) is 43.9 Å². The second-order valence-electron chi connectivity index (χ2n) is 7.13. The predicted molar refractivity (Wildman–Crippen MR) is 132 cm³/mol. The highest BCUT2D eigenvalue weighted by atomic mass is 31.2. The molecule has 0 fully saturated rings. The molecule has 10 heteroatoms. The predicted octanol–water partition coefficient (Wildman–Crippen LogP) is 4.53. The van der Waals surface area contributed by atoms with Crippen molar-refractivity contribution in [3.63, 3.8) is 0 Å². The number of hydrogen-bond donors (Lipinski definition) is 2. The minimum absolute atomic E-state index is 0.0669. The fourth-order valence-electron chi connectivity index (χ4n) is 2.72. The largest absolute Gasteiger partial charge is 0.481 e. The Hall–Kier alpha value is -2.13. The maximum Gasteiger partial charge on any atom is 0.472 e. The van der Waals surface area contributed by atoms with Gasteiger partial charge in [-0.25, -0.2) is 4.57 Å². The maximum absolute atomic E-state index is 12.1. The first kappa shape index (κ1) is 29.9. The Kier molecular flexibility index (Phi) is 16.0. The summed E-state index contributed by atoms with van der Waals surface area (Å²) in [6.07, 6.45) is 7.87. The molecule has 0 aromatic heterocycles. The van der Waals surface area contributed by atoms with Gasteiger partial charge in [-0.15, -0.1) is 0 Å². The molecule has 2 N–H and O–H groups in total. The molecule has 1 aromatic carbocycles. The Morgan fingerprint density at radius 1 is 1.15 bits per heavy atom. The van der Waals surface area contributed by atoms with Crippen LogP contribution in [0.1, 0.15) is 38.7 Å². The van der Waals surface area contributed by atoms with Crippen molar-refractivity contribution in [2.24, 2.45) is 4.99 Å². The van der Waals surface area contributed by atoms with Gasteiger partial charge in [0.2, 0.25) is 0 Å². The zero-order valence-corrected chi connectivity index (χ0v) is 20.8. The fourth-order valence-corrected chi connectivity index (χ4v) is 3.46. The lowest BCUT2D eigenvalue weighted by Gasteiger charge is -2.19. The van der Waals surface area contributed by atoms with E-state index in [4.69, 9.17) is 23.6 Å². The standard InChI is InChI=1S/C24H36NO8P/c1-3-21(22-11-6-5-7-12-22)13-10-15-25-16-18-32-34(28,29)33-20-23(19-30-4-2)31-17-9-8-14-24(26)27/h3,5-7,10-13,15,23H,4,8-9,14,16-20H2,1-2H3,(H,26,27)(H,28,29)/b13-10-,21-3+,25-15?. The van der Waals surface area contributed by atoms with Gasteiger partial charge in [0.15, 0.2) is 0 Å². The molecule has 0 bridgehead atoms. The number of carbonyl (C=O) groups is 1. The van der Waals surface area contributed by atoms with Gasteiger partial charge in [0.1, 0.15) is 6.10 Å². The maximum atomic E-state index is 12.1. The van der Waals surface area contributed by atoms with Crippen LogP contribution in [0.3, 0.4) is 0 Å². The van der Waals surface area contributed by atoms with E-state index in [0.29, 0.717) is 26.1 Å². The summed E-state index contributed by atoms with van der Waals surface area (Å²) < 4.78 is 33.0. The quantitative estimate of drug-likeness (QED) is 0.124. The van der Waals surface area contributed by atoms with Crippen LogP contribution in [0, 0.1) is 0 Å². The van der Waals surface area contributed by atoms with Gasteiger partial charge in [0.25, 0.3) is 0 Å². The topological polar surface area (TPSA) is 124 Å². The lowest BCUT2D eigenvalue weighted by molar-refractivity contribution is -0.137. The molecular weight excluding hydrogens is 461 g/mol. The molecular formula is C24H36NO8P. The first-order valence-corrected chi connectivity index (χ1v) is 12.8. The number of carboxylic acids is 1. The van der Waals surface area contributed by atoms with Crippen LogP contribution >= 0.6 is 7.82 Å². The van der Waals surface area contributed by atoms with Crippen molar-refractivity contribution in [3.05, 3.63) is 54.1 Å². The molecule has 2 atom stereocenters. The van der Waals surface area contributed by atoms with Crippen molar-refractivity contribution in [2.45, 2.75) is 39.2 Å². The number of hydrogen-bond acceptors (Lipinski definition) is 7. The van der Waals surface area contributed by atoms with Crippen LogP contribution in [0.5, 0.6) is 0 Å². The van der Waals surface area contributed by atoms with Crippen molar-refractivity contribution < 1.29 is 37.9 Å². The molecule has 1 aromatic rings. The average Bonchev–Trinajstić information content (AvgIpc) is 2.82. The Balaban J connectivity index is 2.34. The number of benzene rings is 1. The summed E-state index contributed by atoms with van der Waals surface area (Å²) in [6.45, 7) is 4.64. The number of ether oxygens (including phenoxy) is 2. The Bertz CT molecular complexity index is 826. The van der Waals surface area contributed by atoms with E-state index in [9.17, 15) is 14.3 Å². The highest BCUT2D eigenvalue weighted by Crippen LogP contribution is 2.43. The number of unbranched alkanes of at least 4 members (excludes halogenated alkanes) is 1. The van der Waals surface area contributed by atoms with E-state index in [2.05, 4.69) is 4.99 Å². The smallest absolute Gasteiger partial charge is 0.472 e. The molecule has 0 saturated heterocycles. The molecule has 2 unspecified atom stereocenters. The number of aliphatic carboxylic acids is 1. The van der Waals surface area contributed by atoms with E-state index >= 15 is 0 Å². The molecule has 0 aliphatic heterocycles. The summed E-state index contributed by atoms with van der Waals surface area (Å²) in [7, 11) is -4.27. The minimum atomic E-state index is -4.27. The number of phosphoric ester groups is 1. The third-order valence-corrected chi connectivity index (χ3v) is 5.41. The van der Waals surface area contributed by atoms with Gasteiger partial charge < -0.3 is 19.5 Å². The van der Waals surface area contributed by atoms with Crippen LogP contribution in [-0.2, 0) is 27.9 Å². The lowest BCUT2D eigenvalue weighted by Crippen LogP contribution is -2.26. The molecule has 0 amide bonds. The molecule has 0 radical (unpaired) electrons. The second kappa shape index (κ2) is 18.2. The van der Waals surface area contributed by atoms with Gasteiger partial charge in [0.05, 0.1) is 26.4 Å². The van der Waals surface area contributed by atoms with Gasteiger partial charge in [0, 0.05) is 25.8 Å². The van der Waals surface area contributed by atoms with E-state index in [1.54, 1.807) is 12.3 Å². The summed E-state index contributed by atoms with van der Waals surface area (Å²) in [4.78, 5) is 24.5. The van der Waals surface area contributed by atoms with E-state index in [1.165, 1.54) is 0 Å². The number of aliphatic imine (C=N–C) groups is 1. The van der Waals surface area contributed by atoms with Gasteiger partial charge in [-0.3, -0.25) is 18.8 Å². The van der Waals surface area contributed by atoms with Gasteiger partial charge in [-0.1, -0.05) is 42.5 Å². The number of phosphoric acid groups is 1. The van der Waals surface area contributed by atoms with Crippen LogP contribution in [0.4, 0.5) is 0 Å². The summed E-state index contributed by atoms with van der Waals surface area (Å²) in [5, 5.41) is 8.65. The molecule has 0 spiro atoms. The third-order valence-electron chi connectivity index (χ3n) is 4.43. The molecule has 1 rings (SSSR count). The lowest BCUT2D eigenvalue weighted by atomic mass is 10.1. The van der Waals surface area contributed by atoms with E-state index in [-0.39, 0.29) is 32.8 Å². The van der Waals surface area contributed by atoms with Crippen LogP contribution < -0.4 is 0 Å². The van der Waals surface area contributed by atoms with Crippen molar-refractivity contribution in [1.29, 1.82) is 0 Å². The summed E-state index contributed by atoms with van der Waals surface area (Å²) >= 11 is 0. The normalized spacial score (nSPS) is 15.1. The first-order chi connectivity index (χ1) is 16.4. The Morgan fingerprint density at radius 2 is 1.91 bits per heavy atom. The second-order valence-corrected chi connectivity index (χ2v) is 8.58. The molecule has 190 valence electrons. The number of nitrogens with zero attached hydrogens (tertiary/aromatic N) is 1. The van der Waals surface area contributed by atoms with Crippen molar-refractivity contribution in [2.75, 3.05) is 39.6 Å². The molecule has 0 aliphatic rings. The fraction of sp³-hybridized carbons (Fsp3) is 0.500. The Labute approximate surface area is 201 Å². The zero-order valence-electron chi connectivity index (χ0n) is 19.9. The van der Waals surface area contributed by atoms with Gasteiger partial charge >= 0.3 is 13.8 Å². The molecule has 34 heavy (non-hydrogen) atoms. The van der Waals surface area contributed by atoms with Crippen LogP contribution in [0.25, 0.3) is 5.57 Å². The highest BCUT2D eigenvalue weighted by Gasteiger charge is 2.23. The third kappa shape index (κ3) is 14.9. The highest BCUT2D eigenvalue weighted by molar-refractivity contribution is 7.47. The minimum Gasteiger partial charge on any atom is -0.481 e. The first-order valence-electron chi connectivity index (χ1n) is 11.3. The summed E-state index contributed by atoms with van der Waals surface area (Å²) in [5.41, 5.74) is 2.16. The van der Waals surface area contributed by atoms with E-state index in [0.717, 1.165) is 11.1 Å². The summed E-state index contributed by atoms with van der Waals surface area (Å²) in [6, 6.07) is 9.95. The number of carboxylic acid groups (broad SMARTS) is 1. The van der Waals surface area contributed by atoms with Crippen molar-refractivity contribution in [3.8, 4) is 0 Å². The number of rotatable bonds is 19. The average molecular weight is 498 g/mol. The zero-order chi connectivity index (χ0) is 25.1. The van der Waals surface area contributed by atoms with E-state index < -0.39 is 19.9 Å². The Morgan fingerprint density at radius 3 is 2.59 bits per heavy atom. The van der Waals surface area contributed by atoms with Crippen LogP contribution in [-0.4, -0.2) is 67.9 Å². The molecule has 9 nitrogen and oxygen atoms in total.